The van der Waals surface area contributed by atoms with Crippen molar-refractivity contribution in [3.8, 4) is 10.6 Å². The predicted molar refractivity (Wildman–Crippen MR) is 86.3 cm³/mol. The molecule has 21 heavy (non-hydrogen) atoms. The molecule has 0 saturated heterocycles. The second-order valence-electron chi connectivity index (χ2n) is 4.28. The summed E-state index contributed by atoms with van der Waals surface area (Å²) in [6.45, 7) is 2.52. The van der Waals surface area contributed by atoms with Gasteiger partial charge in [0.25, 0.3) is 0 Å². The molecule has 0 saturated carbocycles. The Balaban J connectivity index is 2.19. The molecular weight excluding hydrogens is 309 g/mol. The van der Waals surface area contributed by atoms with E-state index in [1.165, 1.54) is 17.4 Å². The quantitative estimate of drug-likeness (QED) is 0.816. The zero-order chi connectivity index (χ0) is 15.2. The van der Waals surface area contributed by atoms with E-state index in [-0.39, 0.29) is 5.91 Å². The highest BCUT2D eigenvalue weighted by molar-refractivity contribution is 7.98. The number of rotatable bonds is 6. The van der Waals surface area contributed by atoms with Crippen molar-refractivity contribution >= 4 is 34.0 Å². The van der Waals surface area contributed by atoms with Crippen LogP contribution in [0.15, 0.2) is 24.7 Å². The second kappa shape index (κ2) is 7.51. The van der Waals surface area contributed by atoms with Gasteiger partial charge in [0.2, 0.25) is 5.91 Å². The van der Waals surface area contributed by atoms with E-state index in [0.29, 0.717) is 23.5 Å². The van der Waals surface area contributed by atoms with Crippen molar-refractivity contribution in [2.45, 2.75) is 13.3 Å². The van der Waals surface area contributed by atoms with Gasteiger partial charge in [-0.1, -0.05) is 11.3 Å². The molecule has 0 fully saturated rings. The summed E-state index contributed by atoms with van der Waals surface area (Å²) >= 11 is 3.02. The molecule has 2 aromatic rings. The molecule has 0 bridgehead atoms. The van der Waals surface area contributed by atoms with Crippen LogP contribution in [0.25, 0.3) is 10.6 Å². The molecule has 2 aromatic heterocycles. The molecule has 2 rings (SSSR count). The number of thioether (sulfide) groups is 1. The van der Waals surface area contributed by atoms with E-state index in [0.717, 1.165) is 17.0 Å². The monoisotopic (exact) mass is 325 g/mol. The lowest BCUT2D eigenvalue weighted by molar-refractivity contribution is -0.118. The minimum absolute atomic E-state index is 0.0828. The SMILES string of the molecule is CCN(C(=O)CCSC)c1cnc(-c2cncc(F)c2)s1. The van der Waals surface area contributed by atoms with Crippen LogP contribution in [0.3, 0.4) is 0 Å². The van der Waals surface area contributed by atoms with Gasteiger partial charge >= 0.3 is 0 Å². The predicted octanol–water partition coefficient (Wildman–Crippen LogP) is 3.45. The largest absolute Gasteiger partial charge is 0.303 e. The van der Waals surface area contributed by atoms with Crippen LogP contribution in [-0.4, -0.2) is 34.4 Å². The molecule has 0 spiro atoms. The number of anilines is 1. The number of carbonyl (C=O) groups excluding carboxylic acids is 1. The number of hydrogen-bond donors (Lipinski definition) is 0. The summed E-state index contributed by atoms with van der Waals surface area (Å²) in [5, 5.41) is 1.44. The Morgan fingerprint density at radius 3 is 2.90 bits per heavy atom. The summed E-state index contributed by atoms with van der Waals surface area (Å²) in [6, 6.07) is 1.39. The maximum Gasteiger partial charge on any atom is 0.228 e. The van der Waals surface area contributed by atoms with E-state index < -0.39 is 5.82 Å². The Morgan fingerprint density at radius 2 is 2.24 bits per heavy atom. The van der Waals surface area contributed by atoms with Crippen molar-refractivity contribution in [3.63, 3.8) is 0 Å². The third kappa shape index (κ3) is 4.01. The molecule has 4 nitrogen and oxygen atoms in total. The number of halogens is 1. The lowest BCUT2D eigenvalue weighted by Gasteiger charge is -2.18. The Morgan fingerprint density at radius 1 is 1.43 bits per heavy atom. The van der Waals surface area contributed by atoms with Crippen molar-refractivity contribution in [1.82, 2.24) is 9.97 Å². The molecule has 0 aliphatic heterocycles. The fourth-order valence-corrected chi connectivity index (χ4v) is 3.19. The number of amides is 1. The van der Waals surface area contributed by atoms with E-state index in [2.05, 4.69) is 9.97 Å². The fraction of sp³-hybridized carbons (Fsp3) is 0.357. The van der Waals surface area contributed by atoms with Gasteiger partial charge in [-0.25, -0.2) is 9.37 Å². The average molecular weight is 325 g/mol. The minimum atomic E-state index is -0.396. The summed E-state index contributed by atoms with van der Waals surface area (Å²) < 4.78 is 13.2. The lowest BCUT2D eigenvalue weighted by atomic mass is 10.3. The summed E-state index contributed by atoms with van der Waals surface area (Å²) in [6.07, 6.45) is 6.86. The van der Waals surface area contributed by atoms with E-state index in [1.54, 1.807) is 29.1 Å². The first kappa shape index (κ1) is 15.9. The summed E-state index contributed by atoms with van der Waals surface area (Å²) in [7, 11) is 0. The number of carbonyl (C=O) groups is 1. The molecule has 0 unspecified atom stereocenters. The topological polar surface area (TPSA) is 46.1 Å². The standard InChI is InChI=1S/C14H16FN3OS2/c1-3-18(12(19)4-5-20-2)13-9-17-14(21-13)10-6-11(15)8-16-7-10/h6-9H,3-5H2,1-2H3. The Labute approximate surface area is 131 Å². The maximum absolute atomic E-state index is 13.2. The Kier molecular flexibility index (Phi) is 5.69. The molecular formula is C14H16FN3OS2. The highest BCUT2D eigenvalue weighted by Crippen LogP contribution is 2.31. The van der Waals surface area contributed by atoms with E-state index in [9.17, 15) is 9.18 Å². The van der Waals surface area contributed by atoms with Crippen LogP contribution in [0.4, 0.5) is 9.39 Å². The van der Waals surface area contributed by atoms with Gasteiger partial charge in [0.05, 0.1) is 12.4 Å². The number of aromatic nitrogens is 2. The first-order chi connectivity index (χ1) is 10.2. The first-order valence-electron chi connectivity index (χ1n) is 6.51. The summed E-state index contributed by atoms with van der Waals surface area (Å²) in [5.74, 6) is 0.488. The van der Waals surface area contributed by atoms with Crippen molar-refractivity contribution in [2.24, 2.45) is 0 Å². The van der Waals surface area contributed by atoms with Gasteiger partial charge in [-0.15, -0.1) is 0 Å². The van der Waals surface area contributed by atoms with E-state index in [4.69, 9.17) is 0 Å². The van der Waals surface area contributed by atoms with Gasteiger partial charge in [0.1, 0.15) is 15.8 Å². The normalized spacial score (nSPS) is 10.6. The van der Waals surface area contributed by atoms with Crippen LogP contribution in [0.2, 0.25) is 0 Å². The van der Waals surface area contributed by atoms with Crippen LogP contribution in [0.1, 0.15) is 13.3 Å². The smallest absolute Gasteiger partial charge is 0.228 e. The molecule has 112 valence electrons. The highest BCUT2D eigenvalue weighted by Gasteiger charge is 2.17. The number of hydrogen-bond acceptors (Lipinski definition) is 5. The van der Waals surface area contributed by atoms with Crippen molar-refractivity contribution in [3.05, 3.63) is 30.5 Å². The second-order valence-corrected chi connectivity index (χ2v) is 6.27. The molecule has 0 radical (unpaired) electrons. The van der Waals surface area contributed by atoms with Gasteiger partial charge in [-0.3, -0.25) is 9.78 Å². The van der Waals surface area contributed by atoms with Gasteiger partial charge in [-0.05, 0) is 19.2 Å². The minimum Gasteiger partial charge on any atom is -0.303 e. The highest BCUT2D eigenvalue weighted by atomic mass is 32.2. The third-order valence-corrected chi connectivity index (χ3v) is 4.53. The van der Waals surface area contributed by atoms with Crippen molar-refractivity contribution in [2.75, 3.05) is 23.5 Å². The van der Waals surface area contributed by atoms with Crippen LogP contribution in [-0.2, 0) is 4.79 Å². The number of thiazole rings is 1. The average Bonchev–Trinajstić information content (AvgIpc) is 2.95. The Hall–Kier alpha value is -1.47. The van der Waals surface area contributed by atoms with Crippen molar-refractivity contribution < 1.29 is 9.18 Å². The lowest BCUT2D eigenvalue weighted by Crippen LogP contribution is -2.30. The van der Waals surface area contributed by atoms with Gasteiger partial charge in [0.15, 0.2) is 0 Å². The summed E-state index contributed by atoms with van der Waals surface area (Å²) in [5.41, 5.74) is 0.624. The van der Waals surface area contributed by atoms with Crippen LogP contribution in [0, 0.1) is 5.82 Å². The first-order valence-corrected chi connectivity index (χ1v) is 8.72. The van der Waals surface area contributed by atoms with Crippen LogP contribution < -0.4 is 4.90 Å². The molecule has 0 N–H and O–H groups in total. The zero-order valence-corrected chi connectivity index (χ0v) is 13.5. The molecule has 0 aliphatic rings. The molecule has 7 heteroatoms. The zero-order valence-electron chi connectivity index (χ0n) is 11.9. The Bertz CT molecular complexity index is 618. The molecule has 1 amide bonds. The van der Waals surface area contributed by atoms with Gasteiger partial charge in [0, 0.05) is 30.5 Å². The van der Waals surface area contributed by atoms with Crippen LogP contribution >= 0.6 is 23.1 Å². The molecule has 2 heterocycles. The van der Waals surface area contributed by atoms with E-state index in [1.807, 2.05) is 13.2 Å². The van der Waals surface area contributed by atoms with Gasteiger partial charge < -0.3 is 4.90 Å². The molecule has 0 aromatic carbocycles. The summed E-state index contributed by atoms with van der Waals surface area (Å²) in [4.78, 5) is 22.0. The van der Waals surface area contributed by atoms with Gasteiger partial charge in [-0.2, -0.15) is 11.8 Å². The van der Waals surface area contributed by atoms with Crippen molar-refractivity contribution in [1.29, 1.82) is 0 Å². The molecule has 0 aliphatic carbocycles. The maximum atomic E-state index is 13.2. The number of pyridine rings is 1. The third-order valence-electron chi connectivity index (χ3n) is 2.85. The van der Waals surface area contributed by atoms with Crippen LogP contribution in [0.5, 0.6) is 0 Å². The fourth-order valence-electron chi connectivity index (χ4n) is 1.83. The number of nitrogens with zero attached hydrogens (tertiary/aromatic N) is 3. The molecule has 0 atom stereocenters. The van der Waals surface area contributed by atoms with E-state index >= 15 is 0 Å².